The van der Waals surface area contributed by atoms with Gasteiger partial charge in [-0.2, -0.15) is 11.1 Å². The van der Waals surface area contributed by atoms with Gasteiger partial charge >= 0.3 is 21.7 Å². The molecule has 33 heavy (non-hydrogen) atoms. The molecule has 0 heterocycles. The van der Waals surface area contributed by atoms with E-state index >= 15 is 0 Å². The van der Waals surface area contributed by atoms with Gasteiger partial charge < -0.3 is 37.2 Å². The van der Waals surface area contributed by atoms with E-state index in [1.165, 1.54) is 32.3 Å². The Kier molecular flexibility index (Phi) is 12.1. The summed E-state index contributed by atoms with van der Waals surface area (Å²) < 4.78 is 13.9. The van der Waals surface area contributed by atoms with Gasteiger partial charge in [-0.1, -0.05) is 98.6 Å². The summed E-state index contributed by atoms with van der Waals surface area (Å²) in [7, 11) is -2.64. The monoisotopic (exact) mass is 550 g/mol. The van der Waals surface area contributed by atoms with Crippen LogP contribution in [0, 0.1) is 11.9 Å². The van der Waals surface area contributed by atoms with Crippen LogP contribution in [0.15, 0.2) is 102 Å². The SMILES string of the molecule is CC1=[C-]C(C)([Si](c2ccccc2)(c2ccccc2)c2ccc(F)cc2)C(C)=C1C.[Cl-].[Cl-].[Cl-].[Ti+4]. The number of hydrogen-bond acceptors (Lipinski definition) is 0. The van der Waals surface area contributed by atoms with Crippen LogP contribution in [0.3, 0.4) is 0 Å². The minimum absolute atomic E-state index is 0. The van der Waals surface area contributed by atoms with E-state index in [9.17, 15) is 4.39 Å². The molecule has 3 aromatic rings. The van der Waals surface area contributed by atoms with E-state index in [-0.39, 0.29) is 69.8 Å². The van der Waals surface area contributed by atoms with Crippen molar-refractivity contribution < 1.29 is 63.3 Å². The molecule has 0 saturated heterocycles. The standard InChI is InChI=1S/C27H26FSi.3ClH.Ti/c1-20-19-27(4,22(3)21(20)2)29(24-11-7-5-8-12-24,25-13-9-6-10-14-25)26-17-15-23(28)16-18-26;;;;/h5-18H,1-4H3;3*1H;/q-1;;;;+4/p-3. The molecule has 4 rings (SSSR count). The van der Waals surface area contributed by atoms with Crippen LogP contribution in [0.1, 0.15) is 27.7 Å². The molecule has 6 heteroatoms. The third-order valence-electron chi connectivity index (χ3n) is 6.75. The zero-order chi connectivity index (χ0) is 20.6. The normalized spacial score (nSPS) is 17.1. The molecule has 0 N–H and O–H groups in total. The number of hydrogen-bond donors (Lipinski definition) is 0. The Bertz CT molecular complexity index is 1060. The van der Waals surface area contributed by atoms with Gasteiger partial charge in [-0.05, 0) is 27.7 Å². The second-order valence-electron chi connectivity index (χ2n) is 8.11. The van der Waals surface area contributed by atoms with Gasteiger partial charge in [-0.15, -0.1) is 6.92 Å². The van der Waals surface area contributed by atoms with E-state index in [0.29, 0.717) is 0 Å². The molecule has 0 spiro atoms. The fraction of sp³-hybridized carbons (Fsp3) is 0.185. The third-order valence-corrected chi connectivity index (χ3v) is 12.4. The maximum Gasteiger partial charge on any atom is 4.00 e. The van der Waals surface area contributed by atoms with E-state index in [1.807, 2.05) is 12.1 Å². The summed E-state index contributed by atoms with van der Waals surface area (Å²) >= 11 is 0. The molecular weight excluding hydrogens is 526 g/mol. The predicted octanol–water partition coefficient (Wildman–Crippen LogP) is -3.83. The average molecular weight is 552 g/mol. The van der Waals surface area contributed by atoms with E-state index in [2.05, 4.69) is 94.4 Å². The first-order valence-electron chi connectivity index (χ1n) is 10.1. The van der Waals surface area contributed by atoms with Crippen LogP contribution in [-0.4, -0.2) is 8.07 Å². The van der Waals surface area contributed by atoms with Gasteiger partial charge in [0.1, 0.15) is 13.9 Å². The van der Waals surface area contributed by atoms with Crippen molar-refractivity contribution in [1.82, 2.24) is 0 Å². The number of halogens is 4. The maximum atomic E-state index is 13.9. The van der Waals surface area contributed by atoms with Crippen molar-refractivity contribution in [1.29, 1.82) is 0 Å². The van der Waals surface area contributed by atoms with Crippen molar-refractivity contribution in [3.8, 4) is 0 Å². The second-order valence-corrected chi connectivity index (χ2v) is 12.3. The van der Waals surface area contributed by atoms with Crippen LogP contribution >= 0.6 is 0 Å². The van der Waals surface area contributed by atoms with Crippen molar-refractivity contribution in [2.75, 3.05) is 0 Å². The molecule has 1 aliphatic carbocycles. The number of rotatable bonds is 4. The molecule has 0 saturated carbocycles. The Labute approximate surface area is 231 Å². The number of benzene rings is 3. The van der Waals surface area contributed by atoms with Crippen molar-refractivity contribution in [3.05, 3.63) is 114 Å². The molecule has 1 aliphatic rings. The van der Waals surface area contributed by atoms with Crippen molar-refractivity contribution in [3.63, 3.8) is 0 Å². The first-order chi connectivity index (χ1) is 13.9. The van der Waals surface area contributed by atoms with Gasteiger partial charge in [0.2, 0.25) is 0 Å². The minimum atomic E-state index is -2.64. The molecule has 1 unspecified atom stereocenters. The van der Waals surface area contributed by atoms with E-state index in [4.69, 9.17) is 0 Å². The molecule has 0 fully saturated rings. The van der Waals surface area contributed by atoms with E-state index < -0.39 is 8.07 Å². The molecular formula is C27H26Cl3FSiTi. The fourth-order valence-corrected chi connectivity index (χ4v) is 10.9. The van der Waals surface area contributed by atoms with Gasteiger partial charge in [0, 0.05) is 0 Å². The Balaban J connectivity index is 0.00000256. The van der Waals surface area contributed by atoms with Crippen LogP contribution < -0.4 is 52.8 Å². The predicted molar refractivity (Wildman–Crippen MR) is 123 cm³/mol. The molecule has 0 radical (unpaired) electrons. The van der Waals surface area contributed by atoms with Gasteiger partial charge in [-0.25, -0.2) is 9.96 Å². The molecule has 3 aromatic carbocycles. The average Bonchev–Trinajstić information content (AvgIpc) is 2.95. The quantitative estimate of drug-likeness (QED) is 0.177. The summed E-state index contributed by atoms with van der Waals surface area (Å²) in [6.45, 7) is 8.93. The fourth-order valence-electron chi connectivity index (χ4n) is 5.04. The Hall–Kier alpha value is -1.13. The van der Waals surface area contributed by atoms with Crippen molar-refractivity contribution in [2.45, 2.75) is 32.7 Å². The Morgan fingerprint density at radius 1 is 0.667 bits per heavy atom. The third kappa shape index (κ3) is 5.12. The van der Waals surface area contributed by atoms with E-state index in [1.54, 1.807) is 12.1 Å². The summed E-state index contributed by atoms with van der Waals surface area (Å²) in [5.41, 5.74) is 3.90. The maximum absolute atomic E-state index is 13.9. The van der Waals surface area contributed by atoms with E-state index in [0.717, 1.165) is 0 Å². The first kappa shape index (κ1) is 31.9. The van der Waals surface area contributed by atoms with Crippen molar-refractivity contribution >= 4 is 23.6 Å². The summed E-state index contributed by atoms with van der Waals surface area (Å²) in [6, 6.07) is 28.7. The van der Waals surface area contributed by atoms with Gasteiger partial charge in [0.05, 0.1) is 0 Å². The van der Waals surface area contributed by atoms with Crippen molar-refractivity contribution in [2.24, 2.45) is 0 Å². The summed E-state index contributed by atoms with van der Waals surface area (Å²) in [6.07, 6.45) is 3.89. The Morgan fingerprint density at radius 3 is 1.42 bits per heavy atom. The Morgan fingerprint density at radius 2 is 1.06 bits per heavy atom. The van der Waals surface area contributed by atoms with Crippen LogP contribution in [-0.2, 0) is 21.7 Å². The minimum Gasteiger partial charge on any atom is -1.00 e. The van der Waals surface area contributed by atoms with Crippen LogP contribution in [0.4, 0.5) is 4.39 Å². The van der Waals surface area contributed by atoms with Gasteiger partial charge in [0.25, 0.3) is 0 Å². The molecule has 0 aromatic heterocycles. The molecule has 170 valence electrons. The topological polar surface area (TPSA) is 0 Å². The van der Waals surface area contributed by atoms with Gasteiger partial charge in [-0.3, -0.25) is 6.08 Å². The summed E-state index contributed by atoms with van der Waals surface area (Å²) in [5.74, 6) is -0.200. The number of allylic oxidation sites excluding steroid dienone is 4. The second kappa shape index (κ2) is 12.5. The molecule has 0 amide bonds. The molecule has 1 atom stereocenters. The zero-order valence-electron chi connectivity index (χ0n) is 19.1. The van der Waals surface area contributed by atoms with Crippen LogP contribution in [0.2, 0.25) is 5.04 Å². The summed E-state index contributed by atoms with van der Waals surface area (Å²) in [5, 5.41) is 3.55. The first-order valence-corrected chi connectivity index (χ1v) is 12.1. The van der Waals surface area contributed by atoms with Crippen LogP contribution in [0.25, 0.3) is 0 Å². The molecule has 0 aliphatic heterocycles. The molecule has 0 nitrogen and oxygen atoms in total. The molecule has 0 bridgehead atoms. The van der Waals surface area contributed by atoms with Crippen LogP contribution in [0.5, 0.6) is 0 Å². The largest absolute Gasteiger partial charge is 4.00 e. The summed E-state index contributed by atoms with van der Waals surface area (Å²) in [4.78, 5) is 0. The zero-order valence-corrected chi connectivity index (χ0v) is 23.9. The van der Waals surface area contributed by atoms with Gasteiger partial charge in [0.15, 0.2) is 0 Å². The smallest absolute Gasteiger partial charge is 1.00 e.